The van der Waals surface area contributed by atoms with Gasteiger partial charge in [-0.3, -0.25) is 14.4 Å². The summed E-state index contributed by atoms with van der Waals surface area (Å²) in [6.07, 6.45) is 5.54. The number of nitriles is 1. The number of ether oxygens (including phenoxy) is 3. The average molecular weight is 755 g/mol. The number of carbonyl (C=O) groups excluding carboxylic acids is 3. The molecule has 1 N–H and O–H groups in total. The summed E-state index contributed by atoms with van der Waals surface area (Å²) >= 11 is 2.74. The highest BCUT2D eigenvalue weighted by Gasteiger charge is 2.38. The molecule has 3 amide bonds. The van der Waals surface area contributed by atoms with Gasteiger partial charge in [0.1, 0.15) is 45.8 Å². The normalized spacial score (nSPS) is 18.3. The van der Waals surface area contributed by atoms with E-state index in [1.807, 2.05) is 62.3 Å². The van der Waals surface area contributed by atoms with Crippen LogP contribution in [0.1, 0.15) is 40.2 Å². The number of nitrogens with one attached hydrogen (secondary N) is 1. The minimum atomic E-state index is -0.573. The maximum absolute atomic E-state index is 13.4. The van der Waals surface area contributed by atoms with Gasteiger partial charge in [-0.05, 0) is 86.1 Å². The van der Waals surface area contributed by atoms with Crippen molar-refractivity contribution < 1.29 is 28.6 Å². The number of thioether (sulfide) groups is 1. The zero-order valence-corrected chi connectivity index (χ0v) is 32.2. The molecule has 3 aromatic rings. The maximum atomic E-state index is 13.4. The van der Waals surface area contributed by atoms with Gasteiger partial charge in [0.15, 0.2) is 0 Å². The third kappa shape index (κ3) is 7.97. The Hall–Kier alpha value is -5.10. The molecule has 3 aliphatic rings. The number of rotatable bonds is 12. The van der Waals surface area contributed by atoms with E-state index in [0.717, 1.165) is 32.7 Å². The first-order valence-corrected chi connectivity index (χ1v) is 18.9. The number of methoxy groups -OCH3 is 2. The van der Waals surface area contributed by atoms with Crippen LogP contribution in [-0.4, -0.2) is 104 Å². The number of nitrogens with zero attached hydrogens (tertiary/aromatic N) is 5. The monoisotopic (exact) mass is 754 g/mol. The highest BCUT2D eigenvalue weighted by Crippen LogP contribution is 2.46. The van der Waals surface area contributed by atoms with E-state index in [0.29, 0.717) is 53.9 Å². The molecule has 12 nitrogen and oxygen atoms in total. The van der Waals surface area contributed by atoms with Crippen LogP contribution in [0.15, 0.2) is 64.0 Å². The van der Waals surface area contributed by atoms with Gasteiger partial charge >= 0.3 is 0 Å². The molecule has 276 valence electrons. The summed E-state index contributed by atoms with van der Waals surface area (Å²) in [5.41, 5.74) is 5.39. The van der Waals surface area contributed by atoms with E-state index in [-0.39, 0.29) is 42.5 Å². The number of fused-ring (bicyclic) bond motifs is 2. The minimum Gasteiger partial charge on any atom is -0.496 e. The molecule has 0 saturated carbocycles. The summed E-state index contributed by atoms with van der Waals surface area (Å²) in [4.78, 5) is 50.2. The second-order valence-corrected chi connectivity index (χ2v) is 15.2. The second-order valence-electron chi connectivity index (χ2n) is 13.1. The number of amides is 3. The Bertz CT molecular complexity index is 2030. The molecule has 2 atom stereocenters. The van der Waals surface area contributed by atoms with Crippen LogP contribution in [-0.2, 0) is 27.3 Å². The van der Waals surface area contributed by atoms with Gasteiger partial charge in [0, 0.05) is 43.2 Å². The number of benzene rings is 2. The van der Waals surface area contributed by atoms with Crippen molar-refractivity contribution in [2.24, 2.45) is 0 Å². The number of likely N-dealkylation sites (N-methyl/N-ethyl adjacent to an activating group) is 1. The maximum Gasteiger partial charge on any atom is 0.265 e. The van der Waals surface area contributed by atoms with Crippen LogP contribution in [0.5, 0.6) is 17.2 Å². The van der Waals surface area contributed by atoms with E-state index in [1.165, 1.54) is 29.2 Å². The first kappa shape index (κ1) is 37.7. The van der Waals surface area contributed by atoms with Gasteiger partial charge in [0.2, 0.25) is 5.91 Å². The Morgan fingerprint density at radius 2 is 1.92 bits per heavy atom. The summed E-state index contributed by atoms with van der Waals surface area (Å²) in [7, 11) is 8.98. The van der Waals surface area contributed by atoms with E-state index in [2.05, 4.69) is 10.3 Å². The summed E-state index contributed by atoms with van der Waals surface area (Å²) < 4.78 is 17.5. The summed E-state index contributed by atoms with van der Waals surface area (Å²) in [6, 6.07) is 11.5. The molecule has 0 saturated heterocycles. The molecule has 0 bridgehead atoms. The highest BCUT2D eigenvalue weighted by atomic mass is 32.2. The van der Waals surface area contributed by atoms with E-state index in [1.54, 1.807) is 48.7 Å². The summed E-state index contributed by atoms with van der Waals surface area (Å²) in [5.74, 6) is 1.42. The highest BCUT2D eigenvalue weighted by molar-refractivity contribution is 8.05. The molecule has 0 aliphatic carbocycles. The Balaban J connectivity index is 1.08. The number of hydrogen-bond donors (Lipinski definition) is 1. The number of hydrogen-bond acceptors (Lipinski definition) is 11. The zero-order valence-electron chi connectivity index (χ0n) is 30.6. The van der Waals surface area contributed by atoms with Crippen LogP contribution in [0.25, 0.3) is 11.6 Å². The Morgan fingerprint density at radius 1 is 1.17 bits per heavy atom. The van der Waals surface area contributed by atoms with Gasteiger partial charge in [-0.25, -0.2) is 4.98 Å². The van der Waals surface area contributed by atoms with Crippen molar-refractivity contribution in [2.45, 2.75) is 31.2 Å². The van der Waals surface area contributed by atoms with Gasteiger partial charge in [-0.15, -0.1) is 23.1 Å². The zero-order chi connectivity index (χ0) is 37.8. The topological polar surface area (TPSA) is 137 Å². The molecule has 1 aromatic heterocycles. The Labute approximate surface area is 317 Å². The van der Waals surface area contributed by atoms with Crippen LogP contribution >= 0.6 is 23.1 Å². The predicted octanol–water partition coefficient (Wildman–Crippen LogP) is 4.69. The second kappa shape index (κ2) is 16.3. The molecule has 14 heteroatoms. The predicted molar refractivity (Wildman–Crippen MR) is 205 cm³/mol. The van der Waals surface area contributed by atoms with Crippen molar-refractivity contribution in [3.8, 4) is 23.3 Å². The lowest BCUT2D eigenvalue weighted by atomic mass is 9.92. The first-order chi connectivity index (χ1) is 25.5. The lowest BCUT2D eigenvalue weighted by Crippen LogP contribution is -2.39. The van der Waals surface area contributed by atoms with Crippen LogP contribution in [0.3, 0.4) is 0 Å². The van der Waals surface area contributed by atoms with Crippen molar-refractivity contribution in [1.29, 1.82) is 5.26 Å². The van der Waals surface area contributed by atoms with Crippen molar-refractivity contribution in [3.63, 3.8) is 0 Å². The fraction of sp³-hybridized carbons (Fsp3) is 0.359. The average Bonchev–Trinajstić information content (AvgIpc) is 3.85. The van der Waals surface area contributed by atoms with Crippen molar-refractivity contribution >= 4 is 52.5 Å². The van der Waals surface area contributed by atoms with E-state index in [4.69, 9.17) is 14.2 Å². The number of aromatic nitrogens is 1. The number of thiazole rings is 1. The molecule has 0 fully saturated rings. The third-order valence-electron chi connectivity index (χ3n) is 9.40. The standard InChI is InChI=1S/C39H42N6O6S2/c1-23-28-8-7-27(15-24(28)9-12-45(23)38(47)26(20-40)18-35-41-11-14-52-35)51-13-10-42-37(46)34-19-29-36(53-34)30(22-44(4)39(29)48)25-16-32(49-5)31(21-43(2)3)33(17-25)50-6/h7-8,11,14-19,23,34H,9-10,12-13,21-22H2,1-6H3,(H,42,46). The summed E-state index contributed by atoms with van der Waals surface area (Å²) in [5, 5.41) is 14.5. The van der Waals surface area contributed by atoms with Crippen LogP contribution in [0, 0.1) is 11.3 Å². The number of carbonyl (C=O) groups is 3. The fourth-order valence-corrected chi connectivity index (χ4v) is 8.59. The molecular weight excluding hydrogens is 713 g/mol. The van der Waals surface area contributed by atoms with Crippen molar-refractivity contribution in [1.82, 2.24) is 25.0 Å². The van der Waals surface area contributed by atoms with E-state index >= 15 is 0 Å². The molecule has 0 spiro atoms. The molecule has 2 unspecified atom stereocenters. The smallest absolute Gasteiger partial charge is 0.265 e. The SMILES string of the molecule is COc1cc(C2=C3SC(C(=O)NCCOc4ccc5c(c4)CCN(C(=O)C(C#N)=Cc4nccs4)C5C)C=C3C(=O)N(C)C2)cc(OC)c1CN(C)C. The molecule has 6 rings (SSSR count). The van der Waals surface area contributed by atoms with Crippen molar-refractivity contribution in [3.05, 3.63) is 91.3 Å². The molecular formula is C39H42N6O6S2. The minimum absolute atomic E-state index is 0.0612. The molecule has 3 aliphatic heterocycles. The van der Waals surface area contributed by atoms with Gasteiger partial charge in [0.25, 0.3) is 11.8 Å². The van der Waals surface area contributed by atoms with Crippen LogP contribution in [0.2, 0.25) is 0 Å². The summed E-state index contributed by atoms with van der Waals surface area (Å²) in [6.45, 7) is 3.97. The Morgan fingerprint density at radius 3 is 2.58 bits per heavy atom. The lowest BCUT2D eigenvalue weighted by Gasteiger charge is -2.35. The largest absolute Gasteiger partial charge is 0.496 e. The van der Waals surface area contributed by atoms with Gasteiger partial charge in [-0.1, -0.05) is 6.07 Å². The van der Waals surface area contributed by atoms with Gasteiger partial charge in [-0.2, -0.15) is 5.26 Å². The quantitative estimate of drug-likeness (QED) is 0.158. The van der Waals surface area contributed by atoms with Crippen LogP contribution < -0.4 is 19.5 Å². The fourth-order valence-electron chi connectivity index (χ4n) is 6.77. The third-order valence-corrected chi connectivity index (χ3v) is 11.4. The molecule has 53 heavy (non-hydrogen) atoms. The van der Waals surface area contributed by atoms with Gasteiger partial charge < -0.3 is 34.2 Å². The van der Waals surface area contributed by atoms with Gasteiger partial charge in [0.05, 0.1) is 37.9 Å². The van der Waals surface area contributed by atoms with Crippen molar-refractivity contribution in [2.75, 3.05) is 61.6 Å². The molecule has 0 radical (unpaired) electrons. The Kier molecular flexibility index (Phi) is 11.6. The van der Waals surface area contributed by atoms with E-state index < -0.39 is 5.25 Å². The van der Waals surface area contributed by atoms with Crippen LogP contribution in [0.4, 0.5) is 0 Å². The molecule has 2 aromatic carbocycles. The lowest BCUT2D eigenvalue weighted by molar-refractivity contribution is -0.129. The first-order valence-electron chi connectivity index (χ1n) is 17.2. The van der Waals surface area contributed by atoms with E-state index in [9.17, 15) is 19.6 Å². The molecule has 4 heterocycles.